The molecule has 100 valence electrons. The maximum absolute atomic E-state index is 11.4. The summed E-state index contributed by atoms with van der Waals surface area (Å²) in [7, 11) is -1.79. The number of ether oxygens (including phenoxy) is 1. The van der Waals surface area contributed by atoms with Gasteiger partial charge in [-0.05, 0) is 19.8 Å². The first-order valence-corrected chi connectivity index (χ1v) is 7.33. The van der Waals surface area contributed by atoms with E-state index in [0.717, 1.165) is 6.42 Å². The fourth-order valence-corrected chi connectivity index (χ4v) is 3.49. The van der Waals surface area contributed by atoms with Crippen molar-refractivity contribution < 1.29 is 23.1 Å². The van der Waals surface area contributed by atoms with Crippen LogP contribution < -0.4 is 5.32 Å². The van der Waals surface area contributed by atoms with Gasteiger partial charge in [-0.25, -0.2) is 13.2 Å². The number of esters is 1. The van der Waals surface area contributed by atoms with Gasteiger partial charge in [-0.1, -0.05) is 0 Å². The van der Waals surface area contributed by atoms with Gasteiger partial charge < -0.3 is 15.2 Å². The first-order valence-electron chi connectivity index (χ1n) is 5.51. The molecule has 17 heavy (non-hydrogen) atoms. The minimum Gasteiger partial charge on any atom is -0.467 e. The van der Waals surface area contributed by atoms with Crippen LogP contribution in [0.5, 0.6) is 0 Å². The summed E-state index contributed by atoms with van der Waals surface area (Å²) in [6.07, 6.45) is 1.34. The van der Waals surface area contributed by atoms with Gasteiger partial charge in [-0.2, -0.15) is 0 Å². The van der Waals surface area contributed by atoms with Gasteiger partial charge in [0.15, 0.2) is 15.4 Å². The van der Waals surface area contributed by atoms with Crippen molar-refractivity contribution >= 4 is 15.8 Å². The van der Waals surface area contributed by atoms with Crippen LogP contribution in [-0.4, -0.2) is 56.3 Å². The third-order valence-corrected chi connectivity index (χ3v) is 4.64. The normalized spacial score (nSPS) is 27.1. The number of hydrogen-bond acceptors (Lipinski definition) is 6. The van der Waals surface area contributed by atoms with Crippen LogP contribution >= 0.6 is 0 Å². The Kier molecular flexibility index (Phi) is 4.51. The van der Waals surface area contributed by atoms with Gasteiger partial charge in [0.05, 0.1) is 18.6 Å². The Labute approximate surface area is 101 Å². The minimum atomic E-state index is -2.99. The molecule has 0 aromatic heterocycles. The number of methoxy groups -OCH3 is 1. The van der Waals surface area contributed by atoms with Crippen LogP contribution in [0.4, 0.5) is 0 Å². The summed E-state index contributed by atoms with van der Waals surface area (Å²) >= 11 is 0. The van der Waals surface area contributed by atoms with Crippen LogP contribution in [0.25, 0.3) is 0 Å². The summed E-state index contributed by atoms with van der Waals surface area (Å²) in [4.78, 5) is 11.2. The molecule has 0 bridgehead atoms. The van der Waals surface area contributed by atoms with Gasteiger partial charge >= 0.3 is 5.97 Å². The molecule has 1 fully saturated rings. The second-order valence-electron chi connectivity index (χ2n) is 4.60. The van der Waals surface area contributed by atoms with Gasteiger partial charge in [-0.3, -0.25) is 0 Å². The Hall–Kier alpha value is -0.660. The highest BCUT2D eigenvalue weighted by molar-refractivity contribution is 7.91. The van der Waals surface area contributed by atoms with E-state index in [1.54, 1.807) is 0 Å². The highest BCUT2D eigenvalue weighted by Crippen LogP contribution is 2.13. The second-order valence-corrected chi connectivity index (χ2v) is 6.83. The molecule has 1 rings (SSSR count). The average molecular weight is 265 g/mol. The number of carbonyl (C=O) groups is 1. The lowest BCUT2D eigenvalue weighted by Gasteiger charge is -2.27. The highest BCUT2D eigenvalue weighted by Gasteiger charge is 2.33. The largest absolute Gasteiger partial charge is 0.467 e. The lowest BCUT2D eigenvalue weighted by atomic mass is 10.1. The van der Waals surface area contributed by atoms with Gasteiger partial charge in [-0.15, -0.1) is 0 Å². The number of hydrogen-bond donors (Lipinski definition) is 2. The molecule has 1 aliphatic heterocycles. The third-order valence-electron chi connectivity index (χ3n) is 2.82. The standard InChI is InChI=1S/C10H19NO5S/c1-10(13,9(12)16-2)7-11-8-4-3-5-17(14,15)6-8/h8,11,13H,3-7H2,1-2H3. The van der Waals surface area contributed by atoms with Crippen LogP contribution in [0, 0.1) is 0 Å². The smallest absolute Gasteiger partial charge is 0.338 e. The number of nitrogens with one attached hydrogen (secondary N) is 1. The molecule has 2 unspecified atom stereocenters. The molecule has 1 heterocycles. The maximum Gasteiger partial charge on any atom is 0.338 e. The number of carbonyl (C=O) groups excluding carboxylic acids is 1. The topological polar surface area (TPSA) is 92.7 Å². The molecule has 0 aromatic carbocycles. The molecule has 0 aliphatic carbocycles. The van der Waals surface area contributed by atoms with E-state index >= 15 is 0 Å². The quantitative estimate of drug-likeness (QED) is 0.638. The van der Waals surface area contributed by atoms with Crippen LogP contribution in [0.15, 0.2) is 0 Å². The van der Waals surface area contributed by atoms with E-state index in [1.807, 2.05) is 0 Å². The predicted octanol–water partition coefficient (Wildman–Crippen LogP) is -0.923. The fourth-order valence-electron chi connectivity index (χ4n) is 1.82. The van der Waals surface area contributed by atoms with Crippen LogP contribution in [-0.2, 0) is 19.4 Å². The van der Waals surface area contributed by atoms with E-state index in [1.165, 1.54) is 14.0 Å². The van der Waals surface area contributed by atoms with Crippen molar-refractivity contribution in [1.29, 1.82) is 0 Å². The average Bonchev–Trinajstić information content (AvgIpc) is 2.24. The number of aliphatic hydroxyl groups is 1. The summed E-state index contributed by atoms with van der Waals surface area (Å²) in [6, 6.07) is -0.204. The van der Waals surface area contributed by atoms with Crippen molar-refractivity contribution in [2.24, 2.45) is 0 Å². The monoisotopic (exact) mass is 265 g/mol. The van der Waals surface area contributed by atoms with Crippen molar-refractivity contribution in [3.63, 3.8) is 0 Å². The molecule has 1 saturated heterocycles. The molecule has 2 N–H and O–H groups in total. The van der Waals surface area contributed by atoms with Gasteiger partial charge in [0, 0.05) is 12.6 Å². The molecule has 7 heteroatoms. The number of sulfone groups is 1. The van der Waals surface area contributed by atoms with Gasteiger partial charge in [0.25, 0.3) is 0 Å². The minimum absolute atomic E-state index is 0.0140. The molecular weight excluding hydrogens is 246 g/mol. The Morgan fingerprint density at radius 3 is 2.76 bits per heavy atom. The zero-order valence-corrected chi connectivity index (χ0v) is 10.9. The van der Waals surface area contributed by atoms with E-state index in [2.05, 4.69) is 10.1 Å². The molecule has 1 aliphatic rings. The lowest BCUT2D eigenvalue weighted by molar-refractivity contribution is -0.160. The Balaban J connectivity index is 2.48. The molecule has 0 amide bonds. The summed E-state index contributed by atoms with van der Waals surface area (Å²) in [5.41, 5.74) is -1.63. The summed E-state index contributed by atoms with van der Waals surface area (Å²) in [6.45, 7) is 1.32. The summed E-state index contributed by atoms with van der Waals surface area (Å²) < 4.78 is 27.2. The van der Waals surface area contributed by atoms with Crippen LogP contribution in [0.3, 0.4) is 0 Å². The van der Waals surface area contributed by atoms with Gasteiger partial charge in [0.2, 0.25) is 0 Å². The number of rotatable bonds is 4. The van der Waals surface area contributed by atoms with Crippen molar-refractivity contribution in [3.8, 4) is 0 Å². The van der Waals surface area contributed by atoms with Crippen LogP contribution in [0.1, 0.15) is 19.8 Å². The zero-order chi connectivity index (χ0) is 13.1. The summed E-state index contributed by atoms with van der Waals surface area (Å²) in [5.74, 6) is -0.452. The molecule has 0 spiro atoms. The van der Waals surface area contributed by atoms with E-state index in [-0.39, 0.29) is 24.1 Å². The van der Waals surface area contributed by atoms with Crippen molar-refractivity contribution in [2.75, 3.05) is 25.2 Å². The van der Waals surface area contributed by atoms with E-state index < -0.39 is 21.4 Å². The van der Waals surface area contributed by atoms with E-state index in [9.17, 15) is 18.3 Å². The molecule has 6 nitrogen and oxygen atoms in total. The van der Waals surface area contributed by atoms with Crippen molar-refractivity contribution in [3.05, 3.63) is 0 Å². The Morgan fingerprint density at radius 2 is 2.24 bits per heavy atom. The third kappa shape index (κ3) is 4.25. The fraction of sp³-hybridized carbons (Fsp3) is 0.900. The Bertz CT molecular complexity index is 376. The molecule has 0 aromatic rings. The Morgan fingerprint density at radius 1 is 1.59 bits per heavy atom. The highest BCUT2D eigenvalue weighted by atomic mass is 32.2. The maximum atomic E-state index is 11.4. The molecule has 0 saturated carbocycles. The SMILES string of the molecule is COC(=O)C(C)(O)CNC1CCCS(=O)(=O)C1. The van der Waals surface area contributed by atoms with E-state index in [4.69, 9.17) is 0 Å². The van der Waals surface area contributed by atoms with Gasteiger partial charge in [0.1, 0.15) is 0 Å². The lowest BCUT2D eigenvalue weighted by Crippen LogP contribution is -2.50. The van der Waals surface area contributed by atoms with Crippen molar-refractivity contribution in [1.82, 2.24) is 5.32 Å². The summed E-state index contributed by atoms with van der Waals surface area (Å²) in [5, 5.41) is 12.7. The van der Waals surface area contributed by atoms with Crippen molar-refractivity contribution in [2.45, 2.75) is 31.4 Å². The molecular formula is C10H19NO5S. The molecule has 2 atom stereocenters. The zero-order valence-electron chi connectivity index (χ0n) is 10.1. The predicted molar refractivity (Wildman–Crippen MR) is 62.3 cm³/mol. The van der Waals surface area contributed by atoms with E-state index in [0.29, 0.717) is 6.42 Å². The first kappa shape index (κ1) is 14.4. The first-order chi connectivity index (χ1) is 7.77. The second kappa shape index (κ2) is 5.32. The molecule has 0 radical (unpaired) electrons. The van der Waals surface area contributed by atoms with Crippen LogP contribution in [0.2, 0.25) is 0 Å².